The van der Waals surface area contributed by atoms with E-state index < -0.39 is 5.60 Å². The highest BCUT2D eigenvalue weighted by molar-refractivity contribution is 5.68. The number of β-amino-alcohol motifs (C(OH)–C–C–N with tert-alkyl or cyclic N) is 1. The molecule has 1 rings (SSSR count). The van der Waals surface area contributed by atoms with Gasteiger partial charge in [-0.05, 0) is 27.8 Å². The molecule has 0 spiro atoms. The van der Waals surface area contributed by atoms with Gasteiger partial charge in [-0.1, -0.05) is 0 Å². The van der Waals surface area contributed by atoms with Crippen molar-refractivity contribution in [2.75, 3.05) is 46.3 Å². The van der Waals surface area contributed by atoms with Crippen molar-refractivity contribution in [1.29, 1.82) is 0 Å². The molecule has 0 aromatic rings. The first kappa shape index (κ1) is 16.2. The molecule has 2 N–H and O–H groups in total. The molecule has 6 heteroatoms. The van der Waals surface area contributed by atoms with Gasteiger partial charge in [0, 0.05) is 39.3 Å². The minimum atomic E-state index is -0.447. The third kappa shape index (κ3) is 6.22. The van der Waals surface area contributed by atoms with Crippen molar-refractivity contribution in [3.05, 3.63) is 0 Å². The van der Waals surface area contributed by atoms with Gasteiger partial charge in [-0.15, -0.1) is 0 Å². The van der Waals surface area contributed by atoms with E-state index in [0.29, 0.717) is 26.2 Å². The van der Waals surface area contributed by atoms with Crippen molar-refractivity contribution in [2.45, 2.75) is 32.5 Å². The smallest absolute Gasteiger partial charge is 0.410 e. The van der Waals surface area contributed by atoms with Crippen LogP contribution in [-0.2, 0) is 4.74 Å². The maximum atomic E-state index is 11.9. The van der Waals surface area contributed by atoms with Gasteiger partial charge >= 0.3 is 6.09 Å². The summed E-state index contributed by atoms with van der Waals surface area (Å²) >= 11 is 0. The number of aliphatic hydroxyl groups excluding tert-OH is 1. The standard InChI is InChI=1S/C13H27N3O3/c1-13(2,3)19-12(18)16-7-5-15(6-8-16)10-11(17)9-14-4/h11,14,17H,5-10H2,1-4H3. The number of nitrogens with zero attached hydrogens (tertiary/aromatic N) is 2. The minimum Gasteiger partial charge on any atom is -0.444 e. The second kappa shape index (κ2) is 7.07. The quantitative estimate of drug-likeness (QED) is 0.761. The highest BCUT2D eigenvalue weighted by Gasteiger charge is 2.26. The molecule has 0 aromatic heterocycles. The van der Waals surface area contributed by atoms with Crippen LogP contribution in [0.15, 0.2) is 0 Å². The van der Waals surface area contributed by atoms with Crippen molar-refractivity contribution < 1.29 is 14.6 Å². The van der Waals surface area contributed by atoms with Gasteiger partial charge in [0.05, 0.1) is 6.10 Å². The van der Waals surface area contributed by atoms with Gasteiger partial charge in [-0.3, -0.25) is 4.90 Å². The summed E-state index contributed by atoms with van der Waals surface area (Å²) in [5.74, 6) is 0. The van der Waals surface area contributed by atoms with Crippen LogP contribution in [0.25, 0.3) is 0 Å². The second-order valence-electron chi connectivity index (χ2n) is 5.98. The van der Waals surface area contributed by atoms with E-state index in [1.807, 2.05) is 27.8 Å². The van der Waals surface area contributed by atoms with Crippen LogP contribution in [0, 0.1) is 0 Å². The van der Waals surface area contributed by atoms with Crippen molar-refractivity contribution in [3.8, 4) is 0 Å². The van der Waals surface area contributed by atoms with Gasteiger partial charge in [0.2, 0.25) is 0 Å². The zero-order valence-corrected chi connectivity index (χ0v) is 12.5. The third-order valence-electron chi connectivity index (χ3n) is 2.93. The first-order valence-electron chi connectivity index (χ1n) is 6.85. The van der Waals surface area contributed by atoms with Crippen LogP contribution in [0.1, 0.15) is 20.8 Å². The molecule has 1 saturated heterocycles. The van der Waals surface area contributed by atoms with Gasteiger partial charge in [0.25, 0.3) is 0 Å². The Balaban J connectivity index is 2.30. The highest BCUT2D eigenvalue weighted by Crippen LogP contribution is 2.11. The minimum absolute atomic E-state index is 0.247. The number of carbonyl (C=O) groups excluding carboxylic acids is 1. The van der Waals surface area contributed by atoms with Gasteiger partial charge < -0.3 is 20.1 Å². The fourth-order valence-electron chi connectivity index (χ4n) is 2.04. The van der Waals surface area contributed by atoms with Gasteiger partial charge in [0.15, 0.2) is 0 Å². The molecule has 19 heavy (non-hydrogen) atoms. The molecular formula is C13H27N3O3. The molecule has 0 saturated carbocycles. The number of likely N-dealkylation sites (N-methyl/N-ethyl adjacent to an activating group) is 1. The van der Waals surface area contributed by atoms with Crippen LogP contribution >= 0.6 is 0 Å². The summed E-state index contributed by atoms with van der Waals surface area (Å²) in [5, 5.41) is 12.7. The molecule has 1 amide bonds. The van der Waals surface area contributed by atoms with Crippen molar-refractivity contribution in [3.63, 3.8) is 0 Å². The third-order valence-corrected chi connectivity index (χ3v) is 2.93. The summed E-state index contributed by atoms with van der Waals surface area (Å²) in [5.41, 5.74) is -0.447. The summed E-state index contributed by atoms with van der Waals surface area (Å²) in [4.78, 5) is 15.8. The van der Waals surface area contributed by atoms with E-state index in [1.54, 1.807) is 4.90 Å². The Morgan fingerprint density at radius 1 is 1.32 bits per heavy atom. The largest absolute Gasteiger partial charge is 0.444 e. The fourth-order valence-corrected chi connectivity index (χ4v) is 2.04. The Morgan fingerprint density at radius 2 is 1.89 bits per heavy atom. The van der Waals surface area contributed by atoms with Crippen LogP contribution in [-0.4, -0.2) is 79.0 Å². The summed E-state index contributed by atoms with van der Waals surface area (Å²) < 4.78 is 5.34. The Morgan fingerprint density at radius 3 is 2.37 bits per heavy atom. The Bertz CT molecular complexity index is 283. The number of nitrogens with one attached hydrogen (secondary N) is 1. The zero-order chi connectivity index (χ0) is 14.5. The number of rotatable bonds is 4. The van der Waals surface area contributed by atoms with E-state index in [0.717, 1.165) is 13.1 Å². The molecule has 0 radical (unpaired) electrons. The first-order chi connectivity index (χ1) is 8.81. The van der Waals surface area contributed by atoms with E-state index in [1.165, 1.54) is 0 Å². The van der Waals surface area contributed by atoms with Gasteiger partial charge in [-0.25, -0.2) is 4.79 Å². The Hall–Kier alpha value is -0.850. The van der Waals surface area contributed by atoms with Crippen LogP contribution in [0.3, 0.4) is 0 Å². The van der Waals surface area contributed by atoms with Gasteiger partial charge in [0.1, 0.15) is 5.60 Å². The summed E-state index contributed by atoms with van der Waals surface area (Å²) in [6.45, 7) is 9.71. The van der Waals surface area contributed by atoms with Crippen molar-refractivity contribution >= 4 is 6.09 Å². The molecule has 6 nitrogen and oxygen atoms in total. The number of ether oxygens (including phenoxy) is 1. The molecule has 1 aliphatic rings. The maximum absolute atomic E-state index is 11.9. The van der Waals surface area contributed by atoms with Crippen LogP contribution in [0.4, 0.5) is 4.79 Å². The zero-order valence-electron chi connectivity index (χ0n) is 12.5. The average molecular weight is 273 g/mol. The van der Waals surface area contributed by atoms with Gasteiger partial charge in [-0.2, -0.15) is 0 Å². The molecule has 0 aliphatic carbocycles. The molecule has 0 aromatic carbocycles. The average Bonchev–Trinajstić information content (AvgIpc) is 2.27. The number of amides is 1. The van der Waals surface area contributed by atoms with Crippen molar-refractivity contribution in [2.24, 2.45) is 0 Å². The number of aliphatic hydroxyl groups is 1. The number of hydrogen-bond donors (Lipinski definition) is 2. The SMILES string of the molecule is CNCC(O)CN1CCN(C(=O)OC(C)(C)C)CC1. The lowest BCUT2D eigenvalue weighted by molar-refractivity contribution is 0.0104. The fraction of sp³-hybridized carbons (Fsp3) is 0.923. The summed E-state index contributed by atoms with van der Waals surface area (Å²) in [6.07, 6.45) is -0.610. The van der Waals surface area contributed by atoms with Crippen molar-refractivity contribution in [1.82, 2.24) is 15.1 Å². The highest BCUT2D eigenvalue weighted by atomic mass is 16.6. The molecule has 0 bridgehead atoms. The molecule has 112 valence electrons. The van der Waals surface area contributed by atoms with E-state index >= 15 is 0 Å². The van der Waals surface area contributed by atoms with E-state index in [-0.39, 0.29) is 12.2 Å². The predicted molar refractivity (Wildman–Crippen MR) is 74.2 cm³/mol. The second-order valence-corrected chi connectivity index (χ2v) is 5.98. The number of piperazine rings is 1. The van der Waals surface area contributed by atoms with E-state index in [2.05, 4.69) is 10.2 Å². The first-order valence-corrected chi connectivity index (χ1v) is 6.85. The topological polar surface area (TPSA) is 65.0 Å². The number of carbonyl (C=O) groups is 1. The monoisotopic (exact) mass is 273 g/mol. The molecular weight excluding hydrogens is 246 g/mol. The predicted octanol–water partition coefficient (Wildman–Crippen LogP) is 0.119. The maximum Gasteiger partial charge on any atom is 0.410 e. The Labute approximate surface area is 115 Å². The van der Waals surface area contributed by atoms with Crippen LogP contribution in [0.5, 0.6) is 0 Å². The Kier molecular flexibility index (Phi) is 6.03. The summed E-state index contributed by atoms with van der Waals surface area (Å²) in [6, 6.07) is 0. The normalized spacial score (nSPS) is 19.3. The molecule has 1 unspecified atom stereocenters. The van der Waals surface area contributed by atoms with Crippen LogP contribution < -0.4 is 5.32 Å². The lowest BCUT2D eigenvalue weighted by atomic mass is 10.2. The van der Waals surface area contributed by atoms with Crippen LogP contribution in [0.2, 0.25) is 0 Å². The lowest BCUT2D eigenvalue weighted by Gasteiger charge is -2.36. The van der Waals surface area contributed by atoms with E-state index in [4.69, 9.17) is 4.74 Å². The van der Waals surface area contributed by atoms with E-state index in [9.17, 15) is 9.90 Å². The lowest BCUT2D eigenvalue weighted by Crippen LogP contribution is -2.52. The summed E-state index contributed by atoms with van der Waals surface area (Å²) in [7, 11) is 1.82. The molecule has 1 atom stereocenters. The number of hydrogen-bond acceptors (Lipinski definition) is 5. The molecule has 1 aliphatic heterocycles. The molecule has 1 fully saturated rings. The molecule has 1 heterocycles.